The van der Waals surface area contributed by atoms with Crippen molar-refractivity contribution in [2.45, 2.75) is 70.1 Å². The second-order valence-electron chi connectivity index (χ2n) is 10.4. The molecule has 2 unspecified atom stereocenters. The molecule has 0 amide bonds. The lowest BCUT2D eigenvalue weighted by molar-refractivity contribution is 0.0281. The number of aromatic amines is 1. The van der Waals surface area contributed by atoms with Crippen molar-refractivity contribution in [1.82, 2.24) is 15.3 Å². The van der Waals surface area contributed by atoms with E-state index in [9.17, 15) is 9.18 Å². The molecule has 210 valence electrons. The van der Waals surface area contributed by atoms with E-state index in [1.807, 2.05) is 6.07 Å². The fraction of sp³-hybridized carbons (Fsp3) is 0.414. The molecule has 0 radical (unpaired) electrons. The van der Waals surface area contributed by atoms with Crippen LogP contribution in [0.1, 0.15) is 62.7 Å². The van der Waals surface area contributed by atoms with Crippen LogP contribution in [0.15, 0.2) is 50.2 Å². The monoisotopic (exact) mass is 586 g/mol. The molecule has 1 N–H and O–H groups in total. The number of benzene rings is 2. The van der Waals surface area contributed by atoms with E-state index in [2.05, 4.69) is 31.6 Å². The number of nitrogens with zero attached hydrogens (tertiary/aromatic N) is 3. The number of H-pyrrole nitrogens is 1. The Morgan fingerprint density at radius 3 is 2.62 bits per heavy atom. The van der Waals surface area contributed by atoms with Crippen molar-refractivity contribution < 1.29 is 18.2 Å². The molecule has 2 aromatic heterocycles. The standard InChI is InChI=1S/C29H29Cl2FN4O4/c1-2-19(38-15-21-26(34-39-27(21)16-8-9-16)25-22(30)6-3-7-23(25)31)13-17-5-4-12-36(17)18-10-11-20(24(32)14-18)28-33-29(37)40-35-28/h3,6-7,10-11,14,16-17,19H,2,4-5,8-9,12-13,15H2,1H3,(H,33,35,37). The normalized spacial score (nSPS) is 18.0. The van der Waals surface area contributed by atoms with Crippen molar-refractivity contribution in [2.24, 2.45) is 0 Å². The maximum atomic E-state index is 15.0. The fourth-order valence-corrected chi connectivity index (χ4v) is 6.12. The highest BCUT2D eigenvalue weighted by Crippen LogP contribution is 2.46. The lowest BCUT2D eigenvalue weighted by Crippen LogP contribution is -2.33. The highest BCUT2D eigenvalue weighted by molar-refractivity contribution is 6.39. The van der Waals surface area contributed by atoms with Crippen LogP contribution in [-0.4, -0.2) is 34.0 Å². The van der Waals surface area contributed by atoms with Gasteiger partial charge in [0.25, 0.3) is 0 Å². The van der Waals surface area contributed by atoms with Crippen LogP contribution in [0.2, 0.25) is 10.0 Å². The lowest BCUT2D eigenvalue weighted by Gasteiger charge is -2.30. The number of anilines is 1. The van der Waals surface area contributed by atoms with Crippen LogP contribution in [0.4, 0.5) is 10.1 Å². The van der Waals surface area contributed by atoms with Gasteiger partial charge in [-0.3, -0.25) is 9.51 Å². The first-order valence-electron chi connectivity index (χ1n) is 13.6. The molecule has 1 saturated carbocycles. The summed E-state index contributed by atoms with van der Waals surface area (Å²) < 4.78 is 31.8. The van der Waals surface area contributed by atoms with Gasteiger partial charge in [-0.15, -0.1) is 0 Å². The molecule has 2 atom stereocenters. The average Bonchev–Trinajstić information content (AvgIpc) is 3.30. The van der Waals surface area contributed by atoms with Crippen molar-refractivity contribution in [3.05, 3.63) is 74.1 Å². The smallest absolute Gasteiger partial charge is 0.373 e. The molecular weight excluding hydrogens is 558 g/mol. The molecule has 1 aliphatic heterocycles. The van der Waals surface area contributed by atoms with Gasteiger partial charge in [0, 0.05) is 35.3 Å². The van der Waals surface area contributed by atoms with Gasteiger partial charge in [0.2, 0.25) is 0 Å². The summed E-state index contributed by atoms with van der Waals surface area (Å²) in [7, 11) is 0. The SMILES string of the molecule is CCC(CC1CCCN1c1ccc(-c2noc(=O)[nH]2)c(F)c1)OCc1c(-c2c(Cl)cccc2Cl)noc1C1CC1. The van der Waals surface area contributed by atoms with Gasteiger partial charge in [0.15, 0.2) is 5.82 Å². The van der Waals surface area contributed by atoms with Crippen molar-refractivity contribution in [3.8, 4) is 22.6 Å². The van der Waals surface area contributed by atoms with E-state index >= 15 is 0 Å². The Labute approximate surface area is 240 Å². The first-order valence-corrected chi connectivity index (χ1v) is 14.4. The van der Waals surface area contributed by atoms with Gasteiger partial charge in [-0.2, -0.15) is 0 Å². The summed E-state index contributed by atoms with van der Waals surface area (Å²) >= 11 is 13.0. The molecule has 11 heteroatoms. The molecule has 2 aliphatic rings. The minimum absolute atomic E-state index is 0.0218. The summed E-state index contributed by atoms with van der Waals surface area (Å²) in [5.41, 5.74) is 3.18. The van der Waals surface area contributed by atoms with Crippen LogP contribution in [0.25, 0.3) is 22.6 Å². The topological polar surface area (TPSA) is 97.4 Å². The molecular formula is C29H29Cl2FN4O4. The minimum atomic E-state index is -0.721. The van der Waals surface area contributed by atoms with Crippen LogP contribution < -0.4 is 10.7 Å². The highest BCUT2D eigenvalue weighted by atomic mass is 35.5. The Morgan fingerprint density at radius 1 is 1.15 bits per heavy atom. The summed E-state index contributed by atoms with van der Waals surface area (Å²) in [6.07, 6.45) is 5.72. The minimum Gasteiger partial charge on any atom is -0.373 e. The number of hydrogen-bond acceptors (Lipinski definition) is 7. The van der Waals surface area contributed by atoms with E-state index in [4.69, 9.17) is 32.5 Å². The zero-order valence-corrected chi connectivity index (χ0v) is 23.5. The molecule has 8 nitrogen and oxygen atoms in total. The Morgan fingerprint density at radius 2 is 1.95 bits per heavy atom. The summed E-state index contributed by atoms with van der Waals surface area (Å²) in [4.78, 5) is 15.9. The van der Waals surface area contributed by atoms with Gasteiger partial charge >= 0.3 is 5.76 Å². The molecule has 0 bridgehead atoms. The molecule has 1 aliphatic carbocycles. The Balaban J connectivity index is 1.18. The molecule has 4 aromatic rings. The van der Waals surface area contributed by atoms with Crippen LogP contribution in [-0.2, 0) is 11.3 Å². The number of hydrogen-bond donors (Lipinski definition) is 1. The van der Waals surface area contributed by atoms with E-state index in [0.717, 1.165) is 62.1 Å². The summed E-state index contributed by atoms with van der Waals surface area (Å²) in [6.45, 7) is 3.28. The zero-order chi connectivity index (χ0) is 27.8. The molecule has 2 fully saturated rings. The maximum absolute atomic E-state index is 15.0. The molecule has 6 rings (SSSR count). The molecule has 40 heavy (non-hydrogen) atoms. The quantitative estimate of drug-likeness (QED) is 0.207. The third kappa shape index (κ3) is 5.42. The Kier molecular flexibility index (Phi) is 7.70. The van der Waals surface area contributed by atoms with Crippen LogP contribution in [0, 0.1) is 5.82 Å². The van der Waals surface area contributed by atoms with Crippen LogP contribution >= 0.6 is 23.2 Å². The van der Waals surface area contributed by atoms with Gasteiger partial charge in [-0.05, 0) is 68.9 Å². The zero-order valence-electron chi connectivity index (χ0n) is 22.0. The number of halogens is 3. The summed E-state index contributed by atoms with van der Waals surface area (Å²) in [5, 5.41) is 9.01. The average molecular weight is 587 g/mol. The van der Waals surface area contributed by atoms with Gasteiger partial charge in [0.05, 0.1) is 28.3 Å². The van der Waals surface area contributed by atoms with E-state index in [1.165, 1.54) is 6.07 Å². The van der Waals surface area contributed by atoms with E-state index < -0.39 is 11.6 Å². The van der Waals surface area contributed by atoms with Crippen molar-refractivity contribution in [2.75, 3.05) is 11.4 Å². The van der Waals surface area contributed by atoms with Crippen molar-refractivity contribution >= 4 is 28.9 Å². The first kappa shape index (κ1) is 27.1. The first-order chi connectivity index (χ1) is 19.4. The van der Waals surface area contributed by atoms with Crippen LogP contribution in [0.5, 0.6) is 0 Å². The second kappa shape index (κ2) is 11.4. The van der Waals surface area contributed by atoms with Crippen LogP contribution in [0.3, 0.4) is 0 Å². The molecule has 2 aromatic carbocycles. The fourth-order valence-electron chi connectivity index (χ4n) is 5.55. The van der Waals surface area contributed by atoms with E-state index in [-0.39, 0.29) is 23.5 Å². The third-order valence-electron chi connectivity index (χ3n) is 7.78. The van der Waals surface area contributed by atoms with Gasteiger partial charge in [-0.25, -0.2) is 9.18 Å². The number of nitrogens with one attached hydrogen (secondary N) is 1. The highest BCUT2D eigenvalue weighted by Gasteiger charge is 2.34. The summed E-state index contributed by atoms with van der Waals surface area (Å²) in [5.74, 6) is 0.0816. The number of rotatable bonds is 10. The van der Waals surface area contributed by atoms with Gasteiger partial charge in [0.1, 0.15) is 17.3 Å². The number of ether oxygens (including phenoxy) is 1. The molecule has 1 saturated heterocycles. The van der Waals surface area contributed by atoms with Crippen molar-refractivity contribution in [3.63, 3.8) is 0 Å². The largest absolute Gasteiger partial charge is 0.439 e. The maximum Gasteiger partial charge on any atom is 0.439 e. The Bertz CT molecular complexity index is 1540. The predicted octanol–water partition coefficient (Wildman–Crippen LogP) is 7.36. The van der Waals surface area contributed by atoms with E-state index in [0.29, 0.717) is 33.8 Å². The number of aromatic nitrogens is 3. The van der Waals surface area contributed by atoms with E-state index in [1.54, 1.807) is 24.3 Å². The second-order valence-corrected chi connectivity index (χ2v) is 11.2. The predicted molar refractivity (Wildman–Crippen MR) is 150 cm³/mol. The van der Waals surface area contributed by atoms with Gasteiger partial charge < -0.3 is 14.2 Å². The third-order valence-corrected chi connectivity index (χ3v) is 8.41. The van der Waals surface area contributed by atoms with Crippen molar-refractivity contribution in [1.29, 1.82) is 0 Å². The molecule has 3 heterocycles. The summed E-state index contributed by atoms with van der Waals surface area (Å²) in [6, 6.07) is 10.6. The Hall–Kier alpha value is -3.14. The van der Waals surface area contributed by atoms with Gasteiger partial charge in [-0.1, -0.05) is 46.5 Å². The lowest BCUT2D eigenvalue weighted by atomic mass is 10.0. The molecule has 0 spiro atoms.